The Morgan fingerprint density at radius 3 is 3.00 bits per heavy atom. The van der Waals surface area contributed by atoms with Crippen molar-refractivity contribution in [3.8, 4) is 0 Å². The molecule has 0 aliphatic carbocycles. The maximum absolute atomic E-state index is 8.93. The van der Waals surface area contributed by atoms with Gasteiger partial charge in [-0.15, -0.1) is 0 Å². The molecule has 4 nitrogen and oxygen atoms in total. The second-order valence-corrected chi connectivity index (χ2v) is 5.30. The first-order chi connectivity index (χ1) is 9.86. The van der Waals surface area contributed by atoms with Crippen LogP contribution in [0.3, 0.4) is 0 Å². The second-order valence-electron chi connectivity index (χ2n) is 5.30. The van der Waals surface area contributed by atoms with Crippen molar-refractivity contribution in [2.24, 2.45) is 0 Å². The lowest BCUT2D eigenvalue weighted by Gasteiger charge is -2.31. The van der Waals surface area contributed by atoms with E-state index in [0.717, 1.165) is 25.2 Å². The topological polar surface area (TPSA) is 41.3 Å². The highest BCUT2D eigenvalue weighted by Crippen LogP contribution is 2.26. The average Bonchev–Trinajstić information content (AvgIpc) is 2.93. The van der Waals surface area contributed by atoms with Crippen molar-refractivity contribution in [1.29, 1.82) is 0 Å². The number of aromatic nitrogens is 2. The van der Waals surface area contributed by atoms with E-state index >= 15 is 0 Å². The number of nitrogens with zero attached hydrogens (tertiary/aromatic N) is 3. The van der Waals surface area contributed by atoms with Gasteiger partial charge in [0.2, 0.25) is 0 Å². The van der Waals surface area contributed by atoms with Gasteiger partial charge in [-0.25, -0.2) is 0 Å². The van der Waals surface area contributed by atoms with Gasteiger partial charge in [0, 0.05) is 31.6 Å². The zero-order chi connectivity index (χ0) is 13.8. The SMILES string of the molecule is OCCc1cnn(CCN2CCCc3ccccc32)c1. The summed E-state index contributed by atoms with van der Waals surface area (Å²) in [5.74, 6) is 0. The molecule has 4 heteroatoms. The monoisotopic (exact) mass is 271 g/mol. The van der Waals surface area contributed by atoms with Crippen molar-refractivity contribution in [3.63, 3.8) is 0 Å². The van der Waals surface area contributed by atoms with Gasteiger partial charge in [0.25, 0.3) is 0 Å². The summed E-state index contributed by atoms with van der Waals surface area (Å²) in [6.45, 7) is 3.18. The number of rotatable bonds is 5. The van der Waals surface area contributed by atoms with Crippen LogP contribution in [0.4, 0.5) is 5.69 Å². The zero-order valence-electron chi connectivity index (χ0n) is 11.7. The fraction of sp³-hybridized carbons (Fsp3) is 0.438. The maximum atomic E-state index is 8.93. The molecule has 0 spiro atoms. The molecule has 1 N–H and O–H groups in total. The number of aliphatic hydroxyl groups excluding tert-OH is 1. The molecule has 0 unspecified atom stereocenters. The minimum Gasteiger partial charge on any atom is -0.396 e. The van der Waals surface area contributed by atoms with Crippen molar-refractivity contribution < 1.29 is 5.11 Å². The molecule has 0 saturated heterocycles. The summed E-state index contributed by atoms with van der Waals surface area (Å²) >= 11 is 0. The minimum atomic E-state index is 0.186. The predicted molar refractivity (Wildman–Crippen MR) is 80.0 cm³/mol. The molecule has 0 saturated carbocycles. The smallest absolute Gasteiger partial charge is 0.0584 e. The first-order valence-electron chi connectivity index (χ1n) is 7.32. The van der Waals surface area contributed by atoms with Crippen LogP contribution in [0.2, 0.25) is 0 Å². The third-order valence-electron chi connectivity index (χ3n) is 3.89. The summed E-state index contributed by atoms with van der Waals surface area (Å²) in [5, 5.41) is 13.3. The van der Waals surface area contributed by atoms with Crippen LogP contribution in [0.15, 0.2) is 36.7 Å². The lowest BCUT2D eigenvalue weighted by molar-refractivity contribution is 0.299. The van der Waals surface area contributed by atoms with Gasteiger partial charge in [-0.2, -0.15) is 5.10 Å². The number of benzene rings is 1. The third-order valence-corrected chi connectivity index (χ3v) is 3.89. The van der Waals surface area contributed by atoms with E-state index in [1.54, 1.807) is 0 Å². The summed E-state index contributed by atoms with van der Waals surface area (Å²) in [5.41, 5.74) is 3.94. The highest BCUT2D eigenvalue weighted by Gasteiger charge is 2.15. The average molecular weight is 271 g/mol. The van der Waals surface area contributed by atoms with Crippen molar-refractivity contribution in [2.75, 3.05) is 24.6 Å². The molecule has 1 aromatic carbocycles. The van der Waals surface area contributed by atoms with Crippen LogP contribution >= 0.6 is 0 Å². The Kier molecular flexibility index (Phi) is 4.02. The van der Waals surface area contributed by atoms with E-state index in [1.807, 2.05) is 17.1 Å². The lowest BCUT2D eigenvalue weighted by atomic mass is 10.0. The quantitative estimate of drug-likeness (QED) is 0.902. The molecule has 106 valence electrons. The molecule has 20 heavy (non-hydrogen) atoms. The summed E-state index contributed by atoms with van der Waals surface area (Å²) in [6, 6.07) is 8.69. The van der Waals surface area contributed by atoms with Gasteiger partial charge >= 0.3 is 0 Å². The number of aryl methyl sites for hydroxylation is 1. The molecule has 2 aromatic rings. The van der Waals surface area contributed by atoms with Gasteiger partial charge in [0.05, 0.1) is 12.7 Å². The molecule has 0 fully saturated rings. The second kappa shape index (κ2) is 6.09. The van der Waals surface area contributed by atoms with E-state index in [1.165, 1.54) is 24.1 Å². The van der Waals surface area contributed by atoms with Crippen LogP contribution < -0.4 is 4.90 Å². The number of hydrogen-bond donors (Lipinski definition) is 1. The Labute approximate surface area is 119 Å². The van der Waals surface area contributed by atoms with Gasteiger partial charge in [-0.1, -0.05) is 18.2 Å². The van der Waals surface area contributed by atoms with Crippen LogP contribution in [0.5, 0.6) is 0 Å². The maximum Gasteiger partial charge on any atom is 0.0584 e. The minimum absolute atomic E-state index is 0.186. The summed E-state index contributed by atoms with van der Waals surface area (Å²) in [7, 11) is 0. The number of para-hydroxylation sites is 1. The third kappa shape index (κ3) is 2.85. The van der Waals surface area contributed by atoms with Gasteiger partial charge in [0.15, 0.2) is 0 Å². The van der Waals surface area contributed by atoms with E-state index in [4.69, 9.17) is 5.11 Å². The molecule has 1 aliphatic heterocycles. The largest absolute Gasteiger partial charge is 0.396 e. The Hall–Kier alpha value is -1.81. The van der Waals surface area contributed by atoms with Gasteiger partial charge in [-0.05, 0) is 36.5 Å². The van der Waals surface area contributed by atoms with E-state index < -0.39 is 0 Å². The normalized spacial score (nSPS) is 14.3. The van der Waals surface area contributed by atoms with E-state index in [9.17, 15) is 0 Å². The van der Waals surface area contributed by atoms with Crippen LogP contribution in [0.25, 0.3) is 0 Å². The van der Waals surface area contributed by atoms with Gasteiger partial charge < -0.3 is 10.0 Å². The molecule has 1 aliphatic rings. The lowest BCUT2D eigenvalue weighted by Crippen LogP contribution is -2.32. The molecular weight excluding hydrogens is 250 g/mol. The molecule has 0 amide bonds. The molecular formula is C16H21N3O. The molecule has 2 heterocycles. The number of aliphatic hydroxyl groups is 1. The first kappa shape index (κ1) is 13.2. The van der Waals surface area contributed by atoms with Crippen molar-refractivity contribution in [1.82, 2.24) is 9.78 Å². The Bertz CT molecular complexity index is 564. The highest BCUT2D eigenvalue weighted by molar-refractivity contribution is 5.55. The van der Waals surface area contributed by atoms with Crippen molar-refractivity contribution in [2.45, 2.75) is 25.8 Å². The van der Waals surface area contributed by atoms with E-state index in [0.29, 0.717) is 6.42 Å². The molecule has 1 aromatic heterocycles. The highest BCUT2D eigenvalue weighted by atomic mass is 16.2. The Balaban J connectivity index is 1.64. The van der Waals surface area contributed by atoms with Gasteiger partial charge in [-0.3, -0.25) is 4.68 Å². The summed E-state index contributed by atoms with van der Waals surface area (Å²) in [4.78, 5) is 2.45. The van der Waals surface area contributed by atoms with Gasteiger partial charge in [0.1, 0.15) is 0 Å². The number of hydrogen-bond acceptors (Lipinski definition) is 3. The van der Waals surface area contributed by atoms with Crippen molar-refractivity contribution in [3.05, 3.63) is 47.8 Å². The Morgan fingerprint density at radius 1 is 1.20 bits per heavy atom. The first-order valence-corrected chi connectivity index (χ1v) is 7.32. The fourth-order valence-electron chi connectivity index (χ4n) is 2.85. The molecule has 0 radical (unpaired) electrons. The summed E-state index contributed by atoms with van der Waals surface area (Å²) < 4.78 is 1.97. The number of anilines is 1. The Morgan fingerprint density at radius 2 is 2.10 bits per heavy atom. The van der Waals surface area contributed by atoms with Crippen molar-refractivity contribution >= 4 is 5.69 Å². The summed E-state index contributed by atoms with van der Waals surface area (Å²) in [6.07, 6.45) is 6.99. The molecule has 0 atom stereocenters. The standard InChI is InChI=1S/C16H21N3O/c20-11-7-14-12-17-19(13-14)10-9-18-8-3-5-15-4-1-2-6-16(15)18/h1-2,4,6,12-13,20H,3,5,7-11H2. The fourth-order valence-corrected chi connectivity index (χ4v) is 2.85. The van der Waals surface area contributed by atoms with Crippen LogP contribution in [0.1, 0.15) is 17.5 Å². The zero-order valence-corrected chi connectivity index (χ0v) is 11.7. The van der Waals surface area contributed by atoms with Crippen LogP contribution in [-0.4, -0.2) is 34.6 Å². The molecule has 0 bridgehead atoms. The van der Waals surface area contributed by atoms with Crippen LogP contribution in [-0.2, 0) is 19.4 Å². The number of fused-ring (bicyclic) bond motifs is 1. The van der Waals surface area contributed by atoms with E-state index in [-0.39, 0.29) is 6.61 Å². The predicted octanol–water partition coefficient (Wildman–Crippen LogP) is 1.87. The molecule has 3 rings (SSSR count). The van der Waals surface area contributed by atoms with E-state index in [2.05, 4.69) is 34.3 Å². The van der Waals surface area contributed by atoms with Crippen LogP contribution in [0, 0.1) is 0 Å².